The standard InChI is InChI=1S/C16H22FNO3S/c1-3-4-12(16(20)21)9-18-15(19)11(2)10-22-14-7-5-13(17)6-8-14/h5-8,11-12H,3-4,9-10H2,1-2H3,(H,18,19)(H,20,21). The van der Waals surface area contributed by atoms with Gasteiger partial charge in [0.1, 0.15) is 5.82 Å². The Hall–Kier alpha value is -1.56. The maximum absolute atomic E-state index is 12.8. The summed E-state index contributed by atoms with van der Waals surface area (Å²) in [6.45, 7) is 3.87. The smallest absolute Gasteiger partial charge is 0.308 e. The van der Waals surface area contributed by atoms with Gasteiger partial charge in [0.2, 0.25) is 5.91 Å². The van der Waals surface area contributed by atoms with Crippen LogP contribution in [0.2, 0.25) is 0 Å². The predicted octanol–water partition coefficient (Wildman–Crippen LogP) is 3.17. The largest absolute Gasteiger partial charge is 0.481 e. The van der Waals surface area contributed by atoms with Crippen LogP contribution in [0, 0.1) is 17.7 Å². The van der Waals surface area contributed by atoms with Crippen molar-refractivity contribution in [3.63, 3.8) is 0 Å². The Morgan fingerprint density at radius 2 is 1.95 bits per heavy atom. The molecule has 0 aliphatic heterocycles. The molecule has 1 aromatic carbocycles. The number of rotatable bonds is 9. The molecule has 0 aliphatic rings. The van der Waals surface area contributed by atoms with Gasteiger partial charge in [0, 0.05) is 23.1 Å². The van der Waals surface area contributed by atoms with Crippen LogP contribution >= 0.6 is 11.8 Å². The van der Waals surface area contributed by atoms with Gasteiger partial charge < -0.3 is 10.4 Å². The molecule has 1 rings (SSSR count). The zero-order valence-corrected chi connectivity index (χ0v) is 13.7. The first-order chi connectivity index (χ1) is 10.4. The third kappa shape index (κ3) is 6.47. The van der Waals surface area contributed by atoms with Gasteiger partial charge in [-0.3, -0.25) is 9.59 Å². The zero-order chi connectivity index (χ0) is 16.5. The SMILES string of the molecule is CCCC(CNC(=O)C(C)CSc1ccc(F)cc1)C(=O)O. The van der Waals surface area contributed by atoms with E-state index >= 15 is 0 Å². The molecule has 1 amide bonds. The number of amides is 1. The highest BCUT2D eigenvalue weighted by Crippen LogP contribution is 2.21. The Labute approximate surface area is 134 Å². The zero-order valence-electron chi connectivity index (χ0n) is 12.8. The molecular weight excluding hydrogens is 305 g/mol. The minimum atomic E-state index is -0.879. The van der Waals surface area contributed by atoms with E-state index in [0.717, 1.165) is 11.3 Å². The third-order valence-electron chi connectivity index (χ3n) is 3.27. The summed E-state index contributed by atoms with van der Waals surface area (Å²) < 4.78 is 12.8. The molecule has 122 valence electrons. The Morgan fingerprint density at radius 1 is 1.32 bits per heavy atom. The molecular formula is C16H22FNO3S. The highest BCUT2D eigenvalue weighted by Gasteiger charge is 2.19. The second-order valence-corrected chi connectivity index (χ2v) is 6.33. The molecule has 4 nitrogen and oxygen atoms in total. The van der Waals surface area contributed by atoms with Gasteiger partial charge in [-0.25, -0.2) is 4.39 Å². The van der Waals surface area contributed by atoms with Crippen LogP contribution in [0.1, 0.15) is 26.7 Å². The average Bonchev–Trinajstić information content (AvgIpc) is 2.49. The van der Waals surface area contributed by atoms with Gasteiger partial charge in [-0.1, -0.05) is 20.3 Å². The minimum Gasteiger partial charge on any atom is -0.481 e. The molecule has 0 bridgehead atoms. The molecule has 0 saturated heterocycles. The lowest BCUT2D eigenvalue weighted by atomic mass is 10.0. The van der Waals surface area contributed by atoms with Crippen LogP contribution in [0.5, 0.6) is 0 Å². The quantitative estimate of drug-likeness (QED) is 0.684. The molecule has 2 atom stereocenters. The van der Waals surface area contributed by atoms with E-state index in [1.807, 2.05) is 6.92 Å². The highest BCUT2D eigenvalue weighted by molar-refractivity contribution is 7.99. The Morgan fingerprint density at radius 3 is 2.50 bits per heavy atom. The number of benzene rings is 1. The molecule has 0 radical (unpaired) electrons. The van der Waals surface area contributed by atoms with Crippen LogP contribution in [0.25, 0.3) is 0 Å². The number of carboxylic acid groups (broad SMARTS) is 1. The molecule has 0 saturated carbocycles. The maximum Gasteiger partial charge on any atom is 0.308 e. The van der Waals surface area contributed by atoms with Crippen molar-refractivity contribution in [2.45, 2.75) is 31.6 Å². The van der Waals surface area contributed by atoms with E-state index in [4.69, 9.17) is 5.11 Å². The molecule has 0 spiro atoms. The van der Waals surface area contributed by atoms with E-state index in [2.05, 4.69) is 5.32 Å². The monoisotopic (exact) mass is 327 g/mol. The summed E-state index contributed by atoms with van der Waals surface area (Å²) in [6.07, 6.45) is 1.32. The first-order valence-corrected chi connectivity index (χ1v) is 8.31. The minimum absolute atomic E-state index is 0.156. The van der Waals surface area contributed by atoms with Gasteiger partial charge in [-0.15, -0.1) is 11.8 Å². The third-order valence-corrected chi connectivity index (χ3v) is 4.54. The topological polar surface area (TPSA) is 66.4 Å². The molecule has 0 fully saturated rings. The number of halogens is 1. The van der Waals surface area contributed by atoms with E-state index in [0.29, 0.717) is 12.2 Å². The summed E-state index contributed by atoms with van der Waals surface area (Å²) in [4.78, 5) is 23.9. The molecule has 6 heteroatoms. The lowest BCUT2D eigenvalue weighted by Crippen LogP contribution is -2.36. The van der Waals surface area contributed by atoms with E-state index < -0.39 is 11.9 Å². The maximum atomic E-state index is 12.8. The first-order valence-electron chi connectivity index (χ1n) is 7.33. The van der Waals surface area contributed by atoms with Gasteiger partial charge in [0.15, 0.2) is 0 Å². The summed E-state index contributed by atoms with van der Waals surface area (Å²) in [6, 6.07) is 6.11. The van der Waals surface area contributed by atoms with Crippen molar-refractivity contribution in [1.29, 1.82) is 0 Å². The molecule has 2 N–H and O–H groups in total. The Balaban J connectivity index is 2.38. The van der Waals surface area contributed by atoms with Gasteiger partial charge in [-0.05, 0) is 30.7 Å². The highest BCUT2D eigenvalue weighted by atomic mass is 32.2. The number of hydrogen-bond acceptors (Lipinski definition) is 3. The van der Waals surface area contributed by atoms with Crippen molar-refractivity contribution >= 4 is 23.6 Å². The number of nitrogens with one attached hydrogen (secondary N) is 1. The summed E-state index contributed by atoms with van der Waals surface area (Å²) in [5, 5.41) is 11.7. The van der Waals surface area contributed by atoms with E-state index in [1.165, 1.54) is 23.9 Å². The van der Waals surface area contributed by atoms with Crippen LogP contribution in [0.4, 0.5) is 4.39 Å². The molecule has 2 unspecified atom stereocenters. The van der Waals surface area contributed by atoms with Crippen LogP contribution in [0.15, 0.2) is 29.2 Å². The van der Waals surface area contributed by atoms with Gasteiger partial charge >= 0.3 is 5.97 Å². The first kappa shape index (κ1) is 18.5. The number of aliphatic carboxylic acids is 1. The fraction of sp³-hybridized carbons (Fsp3) is 0.500. The van der Waals surface area contributed by atoms with E-state index in [1.54, 1.807) is 19.1 Å². The number of hydrogen-bond donors (Lipinski definition) is 2. The molecule has 0 heterocycles. The van der Waals surface area contributed by atoms with Crippen molar-refractivity contribution in [2.24, 2.45) is 11.8 Å². The van der Waals surface area contributed by atoms with E-state index in [9.17, 15) is 14.0 Å². The molecule has 0 aliphatic carbocycles. The van der Waals surface area contributed by atoms with Crippen LogP contribution in [0.3, 0.4) is 0 Å². The number of carboxylic acids is 1. The van der Waals surface area contributed by atoms with Crippen LogP contribution in [-0.2, 0) is 9.59 Å². The summed E-state index contributed by atoms with van der Waals surface area (Å²) in [5.41, 5.74) is 0. The Bertz CT molecular complexity index is 493. The lowest BCUT2D eigenvalue weighted by Gasteiger charge is -2.15. The summed E-state index contributed by atoms with van der Waals surface area (Å²) in [7, 11) is 0. The molecule has 0 aromatic heterocycles. The second-order valence-electron chi connectivity index (χ2n) is 5.23. The van der Waals surface area contributed by atoms with Crippen molar-refractivity contribution in [1.82, 2.24) is 5.32 Å². The van der Waals surface area contributed by atoms with Crippen molar-refractivity contribution in [3.05, 3.63) is 30.1 Å². The second kappa shape index (κ2) is 9.46. The van der Waals surface area contributed by atoms with Crippen molar-refractivity contribution < 1.29 is 19.1 Å². The Kier molecular flexibility index (Phi) is 7.95. The number of carbonyl (C=O) groups excluding carboxylic acids is 1. The van der Waals surface area contributed by atoms with E-state index in [-0.39, 0.29) is 24.2 Å². The number of thioether (sulfide) groups is 1. The van der Waals surface area contributed by atoms with Gasteiger partial charge in [0.25, 0.3) is 0 Å². The average molecular weight is 327 g/mol. The van der Waals surface area contributed by atoms with Crippen LogP contribution in [-0.4, -0.2) is 29.3 Å². The molecule has 1 aromatic rings. The van der Waals surface area contributed by atoms with Crippen molar-refractivity contribution in [3.8, 4) is 0 Å². The summed E-state index contributed by atoms with van der Waals surface area (Å²) in [5.74, 6) is -1.54. The fourth-order valence-corrected chi connectivity index (χ4v) is 2.81. The van der Waals surface area contributed by atoms with Crippen molar-refractivity contribution in [2.75, 3.05) is 12.3 Å². The summed E-state index contributed by atoms with van der Waals surface area (Å²) >= 11 is 1.47. The molecule has 22 heavy (non-hydrogen) atoms. The predicted molar refractivity (Wildman–Crippen MR) is 85.3 cm³/mol. The van der Waals surface area contributed by atoms with Gasteiger partial charge in [0.05, 0.1) is 5.92 Å². The lowest BCUT2D eigenvalue weighted by molar-refractivity contribution is -0.142. The normalized spacial score (nSPS) is 13.4. The van der Waals surface area contributed by atoms with Crippen LogP contribution < -0.4 is 5.32 Å². The van der Waals surface area contributed by atoms with Gasteiger partial charge in [-0.2, -0.15) is 0 Å². The fourth-order valence-electron chi connectivity index (χ4n) is 1.89. The number of carbonyl (C=O) groups is 2.